The second-order valence-electron chi connectivity index (χ2n) is 4.49. The van der Waals surface area contributed by atoms with Crippen molar-refractivity contribution in [3.63, 3.8) is 0 Å². The normalized spacial score (nSPS) is 25.7. The van der Waals surface area contributed by atoms with Crippen LogP contribution in [-0.4, -0.2) is 56.1 Å². The van der Waals surface area contributed by atoms with Gasteiger partial charge in [0, 0.05) is 38.1 Å². The molecule has 14 heavy (non-hydrogen) atoms. The molecule has 0 aliphatic carbocycles. The van der Waals surface area contributed by atoms with Gasteiger partial charge < -0.3 is 15.5 Å². The zero-order valence-electron chi connectivity index (χ0n) is 9.92. The molecule has 0 aromatic rings. The minimum Gasteiger partial charge on any atom is -0.329 e. The van der Waals surface area contributed by atoms with Gasteiger partial charge >= 0.3 is 0 Å². The highest BCUT2D eigenvalue weighted by Gasteiger charge is 2.45. The van der Waals surface area contributed by atoms with E-state index in [9.17, 15) is 0 Å². The lowest BCUT2D eigenvalue weighted by atomic mass is 9.79. The van der Waals surface area contributed by atoms with E-state index in [1.54, 1.807) is 0 Å². The van der Waals surface area contributed by atoms with E-state index in [0.29, 0.717) is 5.41 Å². The second-order valence-corrected chi connectivity index (χ2v) is 4.49. The molecule has 2 heterocycles. The third-order valence-electron chi connectivity index (χ3n) is 3.19. The maximum atomic E-state index is 5.50. The van der Waals surface area contributed by atoms with Gasteiger partial charge in [0.05, 0.1) is 0 Å². The fourth-order valence-corrected chi connectivity index (χ4v) is 2.66. The van der Waals surface area contributed by atoms with Crippen molar-refractivity contribution >= 4 is 0 Å². The Morgan fingerprint density at radius 2 is 1.86 bits per heavy atom. The summed E-state index contributed by atoms with van der Waals surface area (Å²) in [5.74, 6) is 0. The quantitative estimate of drug-likeness (QED) is 0.707. The first-order valence-electron chi connectivity index (χ1n) is 5.85. The van der Waals surface area contributed by atoms with Gasteiger partial charge in [-0.2, -0.15) is 0 Å². The van der Waals surface area contributed by atoms with E-state index in [1.165, 1.54) is 32.6 Å². The Hall–Kier alpha value is -0.120. The molecule has 0 saturated carbocycles. The number of hydrogen-bond acceptors (Lipinski definition) is 3. The lowest BCUT2D eigenvalue weighted by molar-refractivity contribution is 0.0130. The molecule has 0 atom stereocenters. The van der Waals surface area contributed by atoms with Crippen LogP contribution in [0.2, 0.25) is 0 Å². The van der Waals surface area contributed by atoms with Crippen molar-refractivity contribution in [1.29, 1.82) is 0 Å². The highest BCUT2D eigenvalue weighted by molar-refractivity contribution is 5.00. The first kappa shape index (κ1) is 12.0. The van der Waals surface area contributed by atoms with E-state index >= 15 is 0 Å². The third kappa shape index (κ3) is 2.47. The lowest BCUT2D eigenvalue weighted by Gasteiger charge is -2.48. The summed E-state index contributed by atoms with van der Waals surface area (Å²) in [7, 11) is 2.22. The summed E-state index contributed by atoms with van der Waals surface area (Å²) >= 11 is 0. The Kier molecular flexibility index (Phi) is 4.35. The van der Waals surface area contributed by atoms with Gasteiger partial charge in [-0.15, -0.1) is 0 Å². The molecular weight excluding hydrogens is 174 g/mol. The number of rotatable bonds is 2. The van der Waals surface area contributed by atoms with E-state index in [-0.39, 0.29) is 0 Å². The molecule has 3 nitrogen and oxygen atoms in total. The molecule has 84 valence electrons. The van der Waals surface area contributed by atoms with Crippen LogP contribution in [0.3, 0.4) is 0 Å². The maximum absolute atomic E-state index is 5.50. The van der Waals surface area contributed by atoms with Crippen LogP contribution in [0.15, 0.2) is 0 Å². The van der Waals surface area contributed by atoms with Crippen molar-refractivity contribution < 1.29 is 0 Å². The average molecular weight is 199 g/mol. The maximum Gasteiger partial charge on any atom is 0.0105 e. The zero-order valence-corrected chi connectivity index (χ0v) is 9.92. The van der Waals surface area contributed by atoms with Crippen molar-refractivity contribution in [2.24, 2.45) is 11.1 Å². The van der Waals surface area contributed by atoms with E-state index in [2.05, 4.69) is 16.8 Å². The first-order valence-corrected chi connectivity index (χ1v) is 5.85. The molecule has 2 fully saturated rings. The summed E-state index contributed by atoms with van der Waals surface area (Å²) in [4.78, 5) is 4.92. The molecule has 0 amide bonds. The predicted octanol–water partition coefficient (Wildman–Crippen LogP) is 0.609. The van der Waals surface area contributed by atoms with Crippen molar-refractivity contribution in [1.82, 2.24) is 9.80 Å². The molecule has 0 radical (unpaired) electrons. The van der Waals surface area contributed by atoms with E-state index in [0.717, 1.165) is 13.1 Å². The van der Waals surface area contributed by atoms with Crippen molar-refractivity contribution in [2.75, 3.05) is 46.3 Å². The monoisotopic (exact) mass is 199 g/mol. The second kappa shape index (κ2) is 5.10. The SMILES string of the molecule is CC.CN1CCC2(C1)CN(CCN)C2. The summed E-state index contributed by atoms with van der Waals surface area (Å²) in [6, 6.07) is 0. The van der Waals surface area contributed by atoms with Crippen LogP contribution in [0.25, 0.3) is 0 Å². The summed E-state index contributed by atoms with van der Waals surface area (Å²) in [6.45, 7) is 11.1. The van der Waals surface area contributed by atoms with Crippen molar-refractivity contribution in [3.05, 3.63) is 0 Å². The fourth-order valence-electron chi connectivity index (χ4n) is 2.66. The largest absolute Gasteiger partial charge is 0.329 e. The molecular formula is C11H25N3. The van der Waals surface area contributed by atoms with Gasteiger partial charge in [-0.3, -0.25) is 0 Å². The van der Waals surface area contributed by atoms with E-state index in [4.69, 9.17) is 5.73 Å². The van der Waals surface area contributed by atoms with Gasteiger partial charge in [0.25, 0.3) is 0 Å². The standard InChI is InChI=1S/C9H19N3.C2H6/c1-11-4-2-9(6-11)7-12(8-9)5-3-10;1-2/h2-8,10H2,1H3;1-2H3. The smallest absolute Gasteiger partial charge is 0.0105 e. The fraction of sp³-hybridized carbons (Fsp3) is 1.00. The van der Waals surface area contributed by atoms with Crippen LogP contribution < -0.4 is 5.73 Å². The average Bonchev–Trinajstić information content (AvgIpc) is 2.51. The minimum absolute atomic E-state index is 0.657. The number of likely N-dealkylation sites (tertiary alicyclic amines) is 2. The molecule has 3 heteroatoms. The van der Waals surface area contributed by atoms with Gasteiger partial charge in [-0.25, -0.2) is 0 Å². The van der Waals surface area contributed by atoms with Crippen LogP contribution in [0.5, 0.6) is 0 Å². The summed E-state index contributed by atoms with van der Waals surface area (Å²) in [5.41, 5.74) is 6.16. The summed E-state index contributed by atoms with van der Waals surface area (Å²) < 4.78 is 0. The highest BCUT2D eigenvalue weighted by Crippen LogP contribution is 2.38. The number of hydrogen-bond donors (Lipinski definition) is 1. The summed E-state index contributed by atoms with van der Waals surface area (Å²) in [6.07, 6.45) is 1.39. The van der Waals surface area contributed by atoms with E-state index < -0.39 is 0 Å². The molecule has 2 aliphatic rings. The lowest BCUT2D eigenvalue weighted by Crippen LogP contribution is -2.58. The highest BCUT2D eigenvalue weighted by atomic mass is 15.3. The molecule has 2 aliphatic heterocycles. The first-order chi connectivity index (χ1) is 6.74. The number of nitrogens with zero attached hydrogens (tertiary/aromatic N) is 2. The van der Waals surface area contributed by atoms with Gasteiger partial charge in [0.2, 0.25) is 0 Å². The Morgan fingerprint density at radius 3 is 2.29 bits per heavy atom. The van der Waals surface area contributed by atoms with Crippen molar-refractivity contribution in [2.45, 2.75) is 20.3 Å². The van der Waals surface area contributed by atoms with Crippen molar-refractivity contribution in [3.8, 4) is 0 Å². The Morgan fingerprint density at radius 1 is 1.21 bits per heavy atom. The minimum atomic E-state index is 0.657. The molecule has 0 bridgehead atoms. The molecule has 0 aromatic heterocycles. The Labute approximate surface area is 88.2 Å². The molecule has 0 unspecified atom stereocenters. The van der Waals surface area contributed by atoms with Crippen LogP contribution >= 0.6 is 0 Å². The predicted molar refractivity (Wildman–Crippen MR) is 61.4 cm³/mol. The Balaban J connectivity index is 0.000000461. The van der Waals surface area contributed by atoms with Gasteiger partial charge in [0.1, 0.15) is 0 Å². The van der Waals surface area contributed by atoms with Gasteiger partial charge in [-0.1, -0.05) is 13.8 Å². The van der Waals surface area contributed by atoms with Crippen LogP contribution in [0.1, 0.15) is 20.3 Å². The number of nitrogens with two attached hydrogens (primary N) is 1. The Bertz CT molecular complexity index is 164. The summed E-state index contributed by atoms with van der Waals surface area (Å²) in [5, 5.41) is 0. The molecule has 0 aromatic carbocycles. The van der Waals surface area contributed by atoms with Crippen LogP contribution in [-0.2, 0) is 0 Å². The van der Waals surface area contributed by atoms with Gasteiger partial charge in [0.15, 0.2) is 0 Å². The molecule has 2 saturated heterocycles. The van der Waals surface area contributed by atoms with Crippen LogP contribution in [0, 0.1) is 5.41 Å². The molecule has 2 rings (SSSR count). The molecule has 1 spiro atoms. The van der Waals surface area contributed by atoms with E-state index in [1.807, 2.05) is 13.8 Å². The molecule has 2 N–H and O–H groups in total. The third-order valence-corrected chi connectivity index (χ3v) is 3.19. The van der Waals surface area contributed by atoms with Gasteiger partial charge in [-0.05, 0) is 20.0 Å². The zero-order chi connectivity index (χ0) is 10.6. The topological polar surface area (TPSA) is 32.5 Å². The van der Waals surface area contributed by atoms with Crippen LogP contribution in [0.4, 0.5) is 0 Å².